The third-order valence-electron chi connectivity index (χ3n) is 4.09. The van der Waals surface area contributed by atoms with Gasteiger partial charge in [0.05, 0.1) is 5.69 Å². The molecule has 1 aliphatic rings. The number of piperazine rings is 1. The average molecular weight is 305 g/mol. The SMILES string of the molecule is CCn1nccc1CN1CCNCC1c1ccccc1Cl. The highest BCUT2D eigenvalue weighted by Crippen LogP contribution is 2.29. The molecule has 0 spiro atoms. The number of aromatic nitrogens is 2. The predicted molar refractivity (Wildman–Crippen MR) is 85.4 cm³/mol. The lowest BCUT2D eigenvalue weighted by atomic mass is 10.0. The molecule has 0 amide bonds. The van der Waals surface area contributed by atoms with Crippen LogP contribution in [0.2, 0.25) is 5.02 Å². The van der Waals surface area contributed by atoms with E-state index in [-0.39, 0.29) is 0 Å². The maximum absolute atomic E-state index is 6.39. The van der Waals surface area contributed by atoms with E-state index in [4.69, 9.17) is 11.6 Å². The molecule has 0 bridgehead atoms. The minimum absolute atomic E-state index is 0.313. The Labute approximate surface area is 130 Å². The van der Waals surface area contributed by atoms with Crippen LogP contribution in [0.4, 0.5) is 0 Å². The smallest absolute Gasteiger partial charge is 0.0524 e. The van der Waals surface area contributed by atoms with E-state index in [0.29, 0.717) is 6.04 Å². The molecule has 1 N–H and O–H groups in total. The molecule has 5 heteroatoms. The number of hydrogen-bond donors (Lipinski definition) is 1. The van der Waals surface area contributed by atoms with E-state index < -0.39 is 0 Å². The zero-order valence-corrected chi connectivity index (χ0v) is 13.1. The average Bonchev–Trinajstić information content (AvgIpc) is 2.96. The summed E-state index contributed by atoms with van der Waals surface area (Å²) in [5.41, 5.74) is 2.46. The monoisotopic (exact) mass is 304 g/mol. The molecule has 1 aliphatic heterocycles. The van der Waals surface area contributed by atoms with Gasteiger partial charge in [0.15, 0.2) is 0 Å². The van der Waals surface area contributed by atoms with Crippen molar-refractivity contribution in [3.05, 3.63) is 52.8 Å². The summed E-state index contributed by atoms with van der Waals surface area (Å²) < 4.78 is 2.06. The van der Waals surface area contributed by atoms with Crippen LogP contribution in [0.1, 0.15) is 24.2 Å². The van der Waals surface area contributed by atoms with Crippen molar-refractivity contribution in [2.75, 3.05) is 19.6 Å². The Morgan fingerprint density at radius 2 is 2.19 bits per heavy atom. The van der Waals surface area contributed by atoms with Crippen LogP contribution in [0, 0.1) is 0 Å². The second-order valence-electron chi connectivity index (χ2n) is 5.35. The van der Waals surface area contributed by atoms with Crippen molar-refractivity contribution in [3.8, 4) is 0 Å². The molecule has 1 aromatic carbocycles. The van der Waals surface area contributed by atoms with Gasteiger partial charge in [0.25, 0.3) is 0 Å². The Morgan fingerprint density at radius 3 is 3.00 bits per heavy atom. The number of aryl methyl sites for hydroxylation is 1. The highest BCUT2D eigenvalue weighted by atomic mass is 35.5. The van der Waals surface area contributed by atoms with E-state index in [9.17, 15) is 0 Å². The van der Waals surface area contributed by atoms with Crippen LogP contribution in [0.15, 0.2) is 36.5 Å². The van der Waals surface area contributed by atoms with Crippen LogP contribution >= 0.6 is 11.6 Å². The first kappa shape index (κ1) is 14.6. The Bertz CT molecular complexity index is 595. The summed E-state index contributed by atoms with van der Waals surface area (Å²) in [6, 6.07) is 10.6. The minimum atomic E-state index is 0.313. The Hall–Kier alpha value is -1.36. The van der Waals surface area contributed by atoms with Gasteiger partial charge >= 0.3 is 0 Å². The van der Waals surface area contributed by atoms with Crippen LogP contribution in [0.3, 0.4) is 0 Å². The number of nitrogens with one attached hydrogen (secondary N) is 1. The first-order valence-corrected chi connectivity index (χ1v) is 7.87. The van der Waals surface area contributed by atoms with E-state index in [0.717, 1.165) is 37.7 Å². The Balaban J connectivity index is 1.83. The summed E-state index contributed by atoms with van der Waals surface area (Å²) in [6.07, 6.45) is 1.88. The summed E-state index contributed by atoms with van der Waals surface area (Å²) in [5, 5.41) is 8.69. The molecule has 1 atom stereocenters. The minimum Gasteiger partial charge on any atom is -0.314 e. The molecule has 1 unspecified atom stereocenters. The number of nitrogens with zero attached hydrogens (tertiary/aromatic N) is 3. The lowest BCUT2D eigenvalue weighted by Crippen LogP contribution is -2.45. The normalized spacial score (nSPS) is 19.8. The number of hydrogen-bond acceptors (Lipinski definition) is 3. The molecule has 2 heterocycles. The van der Waals surface area contributed by atoms with Crippen LogP contribution in [0.25, 0.3) is 0 Å². The molecule has 0 aliphatic carbocycles. The van der Waals surface area contributed by atoms with Gasteiger partial charge in [-0.1, -0.05) is 29.8 Å². The lowest BCUT2D eigenvalue weighted by Gasteiger charge is -2.36. The molecule has 4 nitrogen and oxygen atoms in total. The molecular weight excluding hydrogens is 284 g/mol. The summed E-state index contributed by atoms with van der Waals surface area (Å²) in [5.74, 6) is 0. The zero-order chi connectivity index (χ0) is 14.7. The molecule has 0 radical (unpaired) electrons. The Kier molecular flexibility index (Phi) is 4.58. The van der Waals surface area contributed by atoms with Crippen LogP contribution in [-0.4, -0.2) is 34.3 Å². The van der Waals surface area contributed by atoms with Crippen LogP contribution in [-0.2, 0) is 13.1 Å². The van der Waals surface area contributed by atoms with Gasteiger partial charge in [-0.05, 0) is 24.6 Å². The van der Waals surface area contributed by atoms with Crippen LogP contribution in [0.5, 0.6) is 0 Å². The van der Waals surface area contributed by atoms with Gasteiger partial charge in [-0.3, -0.25) is 9.58 Å². The molecule has 3 rings (SSSR count). The highest BCUT2D eigenvalue weighted by molar-refractivity contribution is 6.31. The van der Waals surface area contributed by atoms with E-state index in [1.165, 1.54) is 11.3 Å². The van der Waals surface area contributed by atoms with Gasteiger partial charge in [0, 0.05) is 50.0 Å². The van der Waals surface area contributed by atoms with Gasteiger partial charge in [-0.25, -0.2) is 0 Å². The number of halogens is 1. The summed E-state index contributed by atoms with van der Waals surface area (Å²) in [6.45, 7) is 6.91. The maximum atomic E-state index is 6.39. The van der Waals surface area contributed by atoms with Crippen molar-refractivity contribution in [2.45, 2.75) is 26.1 Å². The van der Waals surface area contributed by atoms with Crippen molar-refractivity contribution < 1.29 is 0 Å². The largest absolute Gasteiger partial charge is 0.314 e. The highest BCUT2D eigenvalue weighted by Gasteiger charge is 2.26. The van der Waals surface area contributed by atoms with Gasteiger partial charge in [0.2, 0.25) is 0 Å². The first-order chi connectivity index (χ1) is 10.3. The number of rotatable bonds is 4. The molecule has 1 saturated heterocycles. The molecule has 2 aromatic rings. The topological polar surface area (TPSA) is 33.1 Å². The maximum Gasteiger partial charge on any atom is 0.0524 e. The second-order valence-corrected chi connectivity index (χ2v) is 5.76. The Morgan fingerprint density at radius 1 is 1.33 bits per heavy atom. The predicted octanol–water partition coefficient (Wildman–Crippen LogP) is 2.70. The fourth-order valence-electron chi connectivity index (χ4n) is 2.97. The van der Waals surface area contributed by atoms with E-state index >= 15 is 0 Å². The zero-order valence-electron chi connectivity index (χ0n) is 12.3. The summed E-state index contributed by atoms with van der Waals surface area (Å²) >= 11 is 6.39. The van der Waals surface area contributed by atoms with Crippen molar-refractivity contribution in [1.82, 2.24) is 20.0 Å². The van der Waals surface area contributed by atoms with Gasteiger partial charge in [0.1, 0.15) is 0 Å². The third-order valence-corrected chi connectivity index (χ3v) is 4.43. The van der Waals surface area contributed by atoms with E-state index in [1.54, 1.807) is 0 Å². The first-order valence-electron chi connectivity index (χ1n) is 7.49. The summed E-state index contributed by atoms with van der Waals surface area (Å²) in [7, 11) is 0. The molecule has 112 valence electrons. The quantitative estimate of drug-likeness (QED) is 0.943. The van der Waals surface area contributed by atoms with E-state index in [1.807, 2.05) is 18.3 Å². The van der Waals surface area contributed by atoms with Crippen LogP contribution < -0.4 is 5.32 Å². The van der Waals surface area contributed by atoms with Gasteiger partial charge < -0.3 is 5.32 Å². The standard InChI is InChI=1S/C16H21ClN4/c1-2-21-13(7-8-19-21)12-20-10-9-18-11-16(20)14-5-3-4-6-15(14)17/h3-8,16,18H,2,9-12H2,1H3. The molecule has 21 heavy (non-hydrogen) atoms. The molecule has 1 fully saturated rings. The fourth-order valence-corrected chi connectivity index (χ4v) is 3.24. The van der Waals surface area contributed by atoms with Gasteiger partial charge in [-0.15, -0.1) is 0 Å². The fraction of sp³-hybridized carbons (Fsp3) is 0.438. The van der Waals surface area contributed by atoms with Gasteiger partial charge in [-0.2, -0.15) is 5.10 Å². The van der Waals surface area contributed by atoms with Crippen molar-refractivity contribution >= 4 is 11.6 Å². The second kappa shape index (κ2) is 6.60. The third kappa shape index (κ3) is 3.12. The van der Waals surface area contributed by atoms with Crippen molar-refractivity contribution in [1.29, 1.82) is 0 Å². The van der Waals surface area contributed by atoms with Crippen molar-refractivity contribution in [3.63, 3.8) is 0 Å². The molecule has 1 aromatic heterocycles. The molecular formula is C16H21ClN4. The molecule has 0 saturated carbocycles. The van der Waals surface area contributed by atoms with Crippen molar-refractivity contribution in [2.24, 2.45) is 0 Å². The van der Waals surface area contributed by atoms with E-state index in [2.05, 4.69) is 45.1 Å². The number of benzene rings is 1. The lowest BCUT2D eigenvalue weighted by molar-refractivity contribution is 0.149. The summed E-state index contributed by atoms with van der Waals surface area (Å²) in [4.78, 5) is 2.49.